The van der Waals surface area contributed by atoms with E-state index in [1.807, 2.05) is 24.3 Å². The fourth-order valence-electron chi connectivity index (χ4n) is 6.63. The van der Waals surface area contributed by atoms with E-state index in [2.05, 4.69) is 37.9 Å². The Labute approximate surface area is 235 Å². The van der Waals surface area contributed by atoms with E-state index < -0.39 is 5.41 Å². The lowest BCUT2D eigenvalue weighted by Gasteiger charge is -2.54. The number of nitrogens with zero attached hydrogens (tertiary/aromatic N) is 3. The minimum absolute atomic E-state index is 0.0324. The molecular formula is C30H28N6O5. The van der Waals surface area contributed by atoms with E-state index in [0.29, 0.717) is 36.2 Å². The van der Waals surface area contributed by atoms with Gasteiger partial charge in [0.1, 0.15) is 17.1 Å². The molecule has 3 aliphatic heterocycles. The molecule has 1 saturated carbocycles. The van der Waals surface area contributed by atoms with Crippen molar-refractivity contribution < 1.29 is 23.8 Å². The molecule has 1 aliphatic carbocycles. The van der Waals surface area contributed by atoms with Crippen molar-refractivity contribution in [1.82, 2.24) is 20.1 Å². The van der Waals surface area contributed by atoms with Crippen LogP contribution in [0.15, 0.2) is 48.5 Å². The molecule has 0 bridgehead atoms. The van der Waals surface area contributed by atoms with Gasteiger partial charge in [-0.25, -0.2) is 4.98 Å². The van der Waals surface area contributed by atoms with Crippen molar-refractivity contribution in [2.75, 3.05) is 51.2 Å². The molecule has 3 fully saturated rings. The predicted molar refractivity (Wildman–Crippen MR) is 150 cm³/mol. The predicted octanol–water partition coefficient (Wildman–Crippen LogP) is 3.57. The molecule has 2 atom stereocenters. The number of anilines is 3. The molecule has 0 radical (unpaired) electrons. The lowest BCUT2D eigenvalue weighted by Crippen LogP contribution is -2.67. The van der Waals surface area contributed by atoms with E-state index in [4.69, 9.17) is 14.2 Å². The molecular weight excluding hydrogens is 524 g/mol. The first kappa shape index (κ1) is 24.2. The number of rotatable bonds is 6. The Morgan fingerprint density at radius 2 is 1.95 bits per heavy atom. The largest absolute Gasteiger partial charge is 0.497 e. The number of hydrogen-bond donors (Lipinski definition) is 3. The summed E-state index contributed by atoms with van der Waals surface area (Å²) in [6.07, 6.45) is 0.740. The van der Waals surface area contributed by atoms with Crippen molar-refractivity contribution in [2.45, 2.75) is 17.8 Å². The van der Waals surface area contributed by atoms with Crippen LogP contribution >= 0.6 is 0 Å². The summed E-state index contributed by atoms with van der Waals surface area (Å²) in [6, 6.07) is 15.3. The zero-order valence-corrected chi connectivity index (χ0v) is 22.6. The number of amides is 2. The lowest BCUT2D eigenvalue weighted by atomic mass is 9.78. The lowest BCUT2D eigenvalue weighted by molar-refractivity contribution is -0.176. The molecule has 8 rings (SSSR count). The zero-order valence-electron chi connectivity index (χ0n) is 22.6. The molecule has 2 aromatic carbocycles. The molecule has 3 N–H and O–H groups in total. The van der Waals surface area contributed by atoms with Gasteiger partial charge in [0.2, 0.25) is 11.8 Å². The quantitative estimate of drug-likeness (QED) is 0.331. The highest BCUT2D eigenvalue weighted by Crippen LogP contribution is 2.65. The van der Waals surface area contributed by atoms with Crippen molar-refractivity contribution >= 4 is 39.9 Å². The van der Waals surface area contributed by atoms with E-state index in [1.54, 1.807) is 24.1 Å². The Balaban J connectivity index is 1.02. The second kappa shape index (κ2) is 8.43. The molecule has 208 valence electrons. The SMILES string of the molecule is COc1ccc2c(c1)[C@]1(C[C@H]1c1ccc3c(Nc4ccc(C(=O)N5CC6(COC6)C5)nc4OC)n[nH]c3c1)C(=O)N2. The number of aromatic amines is 1. The van der Waals surface area contributed by atoms with Crippen LogP contribution in [-0.2, 0) is 14.9 Å². The summed E-state index contributed by atoms with van der Waals surface area (Å²) in [5.41, 5.74) is 4.28. The number of ether oxygens (including phenoxy) is 3. The Morgan fingerprint density at radius 3 is 2.71 bits per heavy atom. The second-order valence-electron chi connectivity index (χ2n) is 11.5. The second-order valence-corrected chi connectivity index (χ2v) is 11.5. The average Bonchev–Trinajstić information content (AvgIpc) is 3.49. The molecule has 4 aliphatic rings. The van der Waals surface area contributed by atoms with Gasteiger partial charge >= 0.3 is 0 Å². The van der Waals surface area contributed by atoms with Crippen molar-refractivity contribution in [3.8, 4) is 11.6 Å². The third-order valence-corrected chi connectivity index (χ3v) is 8.99. The van der Waals surface area contributed by atoms with Gasteiger partial charge in [-0.2, -0.15) is 5.10 Å². The van der Waals surface area contributed by atoms with E-state index in [1.165, 1.54) is 7.11 Å². The van der Waals surface area contributed by atoms with Crippen LogP contribution in [0.25, 0.3) is 10.9 Å². The number of nitrogens with one attached hydrogen (secondary N) is 3. The van der Waals surface area contributed by atoms with Crippen LogP contribution in [0.3, 0.4) is 0 Å². The number of hydrogen-bond acceptors (Lipinski definition) is 8. The maximum Gasteiger partial charge on any atom is 0.272 e. The molecule has 2 amide bonds. The van der Waals surface area contributed by atoms with Crippen molar-refractivity contribution in [3.63, 3.8) is 0 Å². The van der Waals surface area contributed by atoms with Crippen LogP contribution in [0.1, 0.15) is 34.0 Å². The highest BCUT2D eigenvalue weighted by atomic mass is 16.5. The standard InChI is InChI=1S/C30H28N6O5/c1-39-17-4-6-21-19(10-17)30(28(38)33-21)11-20(30)16-3-5-18-24(9-16)34-35-25(18)31-22-7-8-23(32-26(22)40-2)27(37)36-12-29(13-36)14-41-15-29/h3-10,20H,11-15H2,1-2H3,(H,33,38)(H2,31,34,35)/t20-,30-/m0/s1. The molecule has 4 aromatic rings. The highest BCUT2D eigenvalue weighted by molar-refractivity contribution is 6.10. The van der Waals surface area contributed by atoms with Gasteiger partial charge in [0.05, 0.1) is 43.8 Å². The van der Waals surface area contributed by atoms with Gasteiger partial charge in [-0.15, -0.1) is 0 Å². The molecule has 11 heteroatoms. The van der Waals surface area contributed by atoms with Crippen molar-refractivity contribution in [1.29, 1.82) is 0 Å². The van der Waals surface area contributed by atoms with Gasteiger partial charge in [0.25, 0.3) is 5.91 Å². The van der Waals surface area contributed by atoms with E-state index in [-0.39, 0.29) is 23.1 Å². The number of likely N-dealkylation sites (tertiary alicyclic amines) is 1. The zero-order chi connectivity index (χ0) is 27.9. The van der Waals surface area contributed by atoms with E-state index in [9.17, 15) is 9.59 Å². The number of H-pyrrole nitrogens is 1. The van der Waals surface area contributed by atoms with Gasteiger partial charge < -0.3 is 29.7 Å². The smallest absolute Gasteiger partial charge is 0.272 e. The maximum atomic E-state index is 13.1. The van der Waals surface area contributed by atoms with Crippen LogP contribution in [0.5, 0.6) is 11.6 Å². The van der Waals surface area contributed by atoms with E-state index in [0.717, 1.165) is 53.1 Å². The Morgan fingerprint density at radius 1 is 1.10 bits per heavy atom. The minimum atomic E-state index is -0.570. The Bertz CT molecular complexity index is 1760. The number of carbonyl (C=O) groups excluding carboxylic acids is 2. The minimum Gasteiger partial charge on any atom is -0.497 e. The van der Waals surface area contributed by atoms with Crippen LogP contribution in [-0.4, -0.2) is 72.4 Å². The third-order valence-electron chi connectivity index (χ3n) is 8.99. The summed E-state index contributed by atoms with van der Waals surface area (Å²) in [6.45, 7) is 2.83. The van der Waals surface area contributed by atoms with Crippen LogP contribution in [0, 0.1) is 5.41 Å². The summed E-state index contributed by atoms with van der Waals surface area (Å²) in [5.74, 6) is 1.65. The Hall–Kier alpha value is -4.64. The topological polar surface area (TPSA) is 131 Å². The fraction of sp³-hybridized carbons (Fsp3) is 0.333. The number of aromatic nitrogens is 3. The number of benzene rings is 2. The van der Waals surface area contributed by atoms with Crippen LogP contribution in [0.2, 0.25) is 0 Å². The van der Waals surface area contributed by atoms with Crippen LogP contribution < -0.4 is 20.1 Å². The van der Waals surface area contributed by atoms with Crippen molar-refractivity contribution in [3.05, 3.63) is 65.4 Å². The molecule has 41 heavy (non-hydrogen) atoms. The third kappa shape index (κ3) is 3.48. The van der Waals surface area contributed by atoms with Gasteiger partial charge in [0, 0.05) is 30.1 Å². The normalized spacial score (nSPS) is 23.1. The van der Waals surface area contributed by atoms with Gasteiger partial charge in [-0.1, -0.05) is 6.07 Å². The molecule has 2 aromatic heterocycles. The molecule has 0 unspecified atom stereocenters. The number of methoxy groups -OCH3 is 2. The first-order valence-corrected chi connectivity index (χ1v) is 13.6. The number of pyridine rings is 1. The summed E-state index contributed by atoms with van der Waals surface area (Å²) in [5, 5.41) is 14.8. The van der Waals surface area contributed by atoms with E-state index >= 15 is 0 Å². The van der Waals surface area contributed by atoms with Crippen molar-refractivity contribution in [2.24, 2.45) is 5.41 Å². The first-order chi connectivity index (χ1) is 19.9. The van der Waals surface area contributed by atoms with Gasteiger partial charge in [0.15, 0.2) is 5.82 Å². The highest BCUT2D eigenvalue weighted by Gasteiger charge is 2.65. The number of fused-ring (bicyclic) bond motifs is 3. The molecule has 11 nitrogen and oxygen atoms in total. The fourth-order valence-corrected chi connectivity index (χ4v) is 6.63. The summed E-state index contributed by atoms with van der Waals surface area (Å²) in [4.78, 5) is 32.3. The number of carbonyl (C=O) groups is 2. The van der Waals surface area contributed by atoms with Gasteiger partial charge in [-0.05, 0) is 60.0 Å². The van der Waals surface area contributed by atoms with Gasteiger partial charge in [-0.3, -0.25) is 14.7 Å². The average molecular weight is 553 g/mol. The summed E-state index contributed by atoms with van der Waals surface area (Å²) in [7, 11) is 3.16. The monoisotopic (exact) mass is 552 g/mol. The first-order valence-electron chi connectivity index (χ1n) is 13.6. The summed E-state index contributed by atoms with van der Waals surface area (Å²) >= 11 is 0. The molecule has 2 saturated heterocycles. The molecule has 5 heterocycles. The Kier molecular flexibility index (Phi) is 4.97. The maximum absolute atomic E-state index is 13.1. The molecule has 2 spiro atoms. The van der Waals surface area contributed by atoms with Crippen LogP contribution in [0.4, 0.5) is 17.2 Å². The summed E-state index contributed by atoms with van der Waals surface area (Å²) < 4.78 is 16.2.